The lowest BCUT2D eigenvalue weighted by Gasteiger charge is -2.19. The van der Waals surface area contributed by atoms with Gasteiger partial charge in [0.25, 0.3) is 0 Å². The van der Waals surface area contributed by atoms with Crippen LogP contribution in [-0.2, 0) is 14.2 Å². The average molecular weight is 302 g/mol. The smallest absolute Gasteiger partial charge is 0.407 e. The summed E-state index contributed by atoms with van der Waals surface area (Å²) in [6.45, 7) is 11.5. The van der Waals surface area contributed by atoms with Crippen LogP contribution in [0, 0.1) is 0 Å². The normalized spacial score (nSPS) is 21.4. The van der Waals surface area contributed by atoms with Crippen LogP contribution in [0.25, 0.3) is 0 Å². The monoisotopic (exact) mass is 302 g/mol. The van der Waals surface area contributed by atoms with Gasteiger partial charge in [0.05, 0.1) is 0 Å². The number of epoxide rings is 1. The van der Waals surface area contributed by atoms with E-state index in [1.165, 1.54) is 0 Å². The van der Waals surface area contributed by atoms with Crippen molar-refractivity contribution in [2.45, 2.75) is 65.0 Å². The molecule has 0 bridgehead atoms. The largest absolute Gasteiger partial charge is 0.444 e. The first kappa shape index (κ1) is 17.6. The number of nitrogens with one attached hydrogen (secondary N) is 2. The molecule has 0 aromatic carbocycles. The van der Waals surface area contributed by atoms with E-state index in [4.69, 9.17) is 14.2 Å². The maximum absolute atomic E-state index is 11.4. The Kier molecular flexibility index (Phi) is 5.44. The van der Waals surface area contributed by atoms with Gasteiger partial charge in [-0.25, -0.2) is 9.59 Å². The van der Waals surface area contributed by atoms with Gasteiger partial charge < -0.3 is 24.8 Å². The zero-order valence-electron chi connectivity index (χ0n) is 13.6. The number of alkyl carbamates (subject to hydrolysis) is 2. The molecule has 2 atom stereocenters. The van der Waals surface area contributed by atoms with Crippen LogP contribution in [0.15, 0.2) is 0 Å². The predicted octanol–water partition coefficient (Wildman–Crippen LogP) is 1.80. The summed E-state index contributed by atoms with van der Waals surface area (Å²) in [4.78, 5) is 22.9. The Bertz CT molecular complexity index is 348. The third kappa shape index (κ3) is 8.39. The number of ether oxygens (including phenoxy) is 3. The fourth-order valence-electron chi connectivity index (χ4n) is 1.53. The summed E-state index contributed by atoms with van der Waals surface area (Å²) in [5.41, 5.74) is -1.04. The molecule has 122 valence electrons. The second-order valence-corrected chi connectivity index (χ2v) is 6.98. The van der Waals surface area contributed by atoms with Crippen molar-refractivity contribution in [2.75, 3.05) is 13.1 Å². The Balaban J connectivity index is 2.12. The quantitative estimate of drug-likeness (QED) is 0.773. The molecule has 21 heavy (non-hydrogen) atoms. The number of rotatable bonds is 4. The number of amides is 2. The molecule has 1 aliphatic rings. The van der Waals surface area contributed by atoms with E-state index < -0.39 is 23.4 Å². The highest BCUT2D eigenvalue weighted by atomic mass is 16.6. The topological polar surface area (TPSA) is 89.2 Å². The van der Waals surface area contributed by atoms with E-state index in [0.29, 0.717) is 13.1 Å². The van der Waals surface area contributed by atoms with E-state index >= 15 is 0 Å². The van der Waals surface area contributed by atoms with E-state index in [0.717, 1.165) is 0 Å². The maximum atomic E-state index is 11.4. The van der Waals surface area contributed by atoms with Gasteiger partial charge in [0.2, 0.25) is 0 Å². The molecule has 1 fully saturated rings. The first-order valence-electron chi connectivity index (χ1n) is 7.05. The van der Waals surface area contributed by atoms with Gasteiger partial charge in [0, 0.05) is 13.1 Å². The lowest BCUT2D eigenvalue weighted by atomic mass is 10.2. The van der Waals surface area contributed by atoms with Crippen LogP contribution in [0.1, 0.15) is 41.5 Å². The molecule has 1 heterocycles. The van der Waals surface area contributed by atoms with Crippen molar-refractivity contribution < 1.29 is 23.8 Å². The molecule has 0 aromatic heterocycles. The van der Waals surface area contributed by atoms with Gasteiger partial charge in [-0.2, -0.15) is 0 Å². The molecule has 2 N–H and O–H groups in total. The van der Waals surface area contributed by atoms with Crippen molar-refractivity contribution in [3.8, 4) is 0 Å². The fourth-order valence-corrected chi connectivity index (χ4v) is 1.53. The van der Waals surface area contributed by atoms with Crippen LogP contribution in [0.4, 0.5) is 9.59 Å². The molecule has 7 nitrogen and oxygen atoms in total. The summed E-state index contributed by atoms with van der Waals surface area (Å²) in [6.07, 6.45) is -1.16. The number of carbonyl (C=O) groups is 2. The number of hydrogen-bond donors (Lipinski definition) is 2. The highest BCUT2D eigenvalue weighted by Gasteiger charge is 2.39. The third-order valence-corrected chi connectivity index (χ3v) is 2.38. The lowest BCUT2D eigenvalue weighted by molar-refractivity contribution is 0.0512. The molecule has 0 radical (unpaired) electrons. The van der Waals surface area contributed by atoms with Gasteiger partial charge in [0.1, 0.15) is 23.4 Å². The molecule has 1 rings (SSSR count). The molecule has 2 amide bonds. The summed E-state index contributed by atoms with van der Waals surface area (Å²) >= 11 is 0. The summed E-state index contributed by atoms with van der Waals surface area (Å²) in [7, 11) is 0. The second kappa shape index (κ2) is 6.51. The first-order chi connectivity index (χ1) is 9.46. The van der Waals surface area contributed by atoms with Crippen molar-refractivity contribution in [1.82, 2.24) is 10.6 Å². The SMILES string of the molecule is CC(C)(C)OC(=O)NC[C@@H]1O[C@@H]1CNC(=O)OC(C)(C)C. The van der Waals surface area contributed by atoms with Gasteiger partial charge in [-0.05, 0) is 41.5 Å². The summed E-state index contributed by atoms with van der Waals surface area (Å²) in [6, 6.07) is 0. The molecule has 7 heteroatoms. The fraction of sp³-hybridized carbons (Fsp3) is 0.857. The first-order valence-corrected chi connectivity index (χ1v) is 7.05. The minimum atomic E-state index is -0.522. The summed E-state index contributed by atoms with van der Waals surface area (Å²) in [5, 5.41) is 5.25. The van der Waals surface area contributed by atoms with E-state index in [9.17, 15) is 9.59 Å². The van der Waals surface area contributed by atoms with Crippen molar-refractivity contribution in [2.24, 2.45) is 0 Å². The van der Waals surface area contributed by atoms with Crippen LogP contribution < -0.4 is 10.6 Å². The Morgan fingerprint density at radius 1 is 0.857 bits per heavy atom. The Hall–Kier alpha value is -1.50. The van der Waals surface area contributed by atoms with E-state index in [2.05, 4.69) is 10.6 Å². The molecule has 0 saturated carbocycles. The molecule has 1 aliphatic heterocycles. The van der Waals surface area contributed by atoms with Crippen molar-refractivity contribution >= 4 is 12.2 Å². The molecule has 0 aliphatic carbocycles. The van der Waals surface area contributed by atoms with Gasteiger partial charge in [-0.1, -0.05) is 0 Å². The van der Waals surface area contributed by atoms with Crippen LogP contribution in [-0.4, -0.2) is 48.7 Å². The van der Waals surface area contributed by atoms with Gasteiger partial charge in [0.15, 0.2) is 0 Å². The standard InChI is InChI=1S/C14H26N2O5/c1-13(2,3)20-11(17)15-7-9-10(19-9)8-16-12(18)21-14(4,5)6/h9-10H,7-8H2,1-6H3,(H,15,17)(H,16,18)/t9-,10+. The van der Waals surface area contributed by atoms with Crippen molar-refractivity contribution in [1.29, 1.82) is 0 Å². The molecule has 0 unspecified atom stereocenters. The maximum Gasteiger partial charge on any atom is 0.407 e. The Morgan fingerprint density at radius 3 is 1.48 bits per heavy atom. The average Bonchev–Trinajstić information content (AvgIpc) is 2.97. The molecular formula is C14H26N2O5. The molecule has 0 spiro atoms. The summed E-state index contributed by atoms with van der Waals surface area (Å²) < 4.78 is 15.6. The van der Waals surface area contributed by atoms with Crippen LogP contribution in [0.3, 0.4) is 0 Å². The van der Waals surface area contributed by atoms with Gasteiger partial charge in [-0.3, -0.25) is 0 Å². The third-order valence-electron chi connectivity index (χ3n) is 2.38. The van der Waals surface area contributed by atoms with E-state index in [1.807, 2.05) is 0 Å². The second-order valence-electron chi connectivity index (χ2n) is 6.98. The Morgan fingerprint density at radius 2 is 1.19 bits per heavy atom. The minimum Gasteiger partial charge on any atom is -0.444 e. The van der Waals surface area contributed by atoms with Gasteiger partial charge in [-0.15, -0.1) is 0 Å². The van der Waals surface area contributed by atoms with Crippen LogP contribution in [0.5, 0.6) is 0 Å². The van der Waals surface area contributed by atoms with Crippen LogP contribution in [0.2, 0.25) is 0 Å². The van der Waals surface area contributed by atoms with Crippen LogP contribution >= 0.6 is 0 Å². The van der Waals surface area contributed by atoms with Crippen molar-refractivity contribution in [3.63, 3.8) is 0 Å². The molecule has 1 saturated heterocycles. The predicted molar refractivity (Wildman–Crippen MR) is 77.1 cm³/mol. The molecular weight excluding hydrogens is 276 g/mol. The number of hydrogen-bond acceptors (Lipinski definition) is 5. The highest BCUT2D eigenvalue weighted by molar-refractivity contribution is 5.68. The van der Waals surface area contributed by atoms with E-state index in [-0.39, 0.29) is 12.2 Å². The minimum absolute atomic E-state index is 0.104. The molecule has 0 aromatic rings. The zero-order chi connectivity index (χ0) is 16.3. The zero-order valence-corrected chi connectivity index (χ0v) is 13.6. The van der Waals surface area contributed by atoms with E-state index in [1.54, 1.807) is 41.5 Å². The highest BCUT2D eigenvalue weighted by Crippen LogP contribution is 2.20. The number of carbonyl (C=O) groups excluding carboxylic acids is 2. The Labute approximate surface area is 125 Å². The van der Waals surface area contributed by atoms with Gasteiger partial charge >= 0.3 is 12.2 Å². The summed E-state index contributed by atoms with van der Waals surface area (Å²) in [5.74, 6) is 0. The lowest BCUT2D eigenvalue weighted by Crippen LogP contribution is -2.37. The van der Waals surface area contributed by atoms with Crippen molar-refractivity contribution in [3.05, 3.63) is 0 Å².